The Morgan fingerprint density at radius 2 is 1.78 bits per heavy atom. The Morgan fingerprint density at radius 1 is 1.17 bits per heavy atom. The van der Waals surface area contributed by atoms with Crippen LogP contribution in [0, 0.1) is 3.57 Å². The van der Waals surface area contributed by atoms with Crippen molar-refractivity contribution in [2.24, 2.45) is 0 Å². The fourth-order valence-electron chi connectivity index (χ4n) is 2.28. The van der Waals surface area contributed by atoms with Gasteiger partial charge in [0.2, 0.25) is 15.9 Å². The largest absolute Gasteiger partial charge is 0.343 e. The quantitative estimate of drug-likeness (QED) is 0.660. The second-order valence-electron chi connectivity index (χ2n) is 5.21. The number of nitrogens with one attached hydrogen (secondary N) is 1. The zero-order valence-corrected chi connectivity index (χ0v) is 15.6. The van der Waals surface area contributed by atoms with Gasteiger partial charge in [-0.05, 0) is 34.7 Å². The van der Waals surface area contributed by atoms with E-state index in [1.807, 2.05) is 12.1 Å². The van der Waals surface area contributed by atoms with Gasteiger partial charge in [-0.2, -0.15) is 4.31 Å². The first-order valence-corrected chi connectivity index (χ1v) is 9.97. The molecule has 9 heteroatoms. The maximum Gasteiger partial charge on any atom is 0.252 e. The van der Waals surface area contributed by atoms with Crippen LogP contribution in [-0.4, -0.2) is 68.4 Å². The predicted molar refractivity (Wildman–Crippen MR) is 94.5 cm³/mol. The first-order valence-electron chi connectivity index (χ1n) is 7.04. The molecular weight excluding hydrogens is 433 g/mol. The zero-order valence-electron chi connectivity index (χ0n) is 12.7. The third-order valence-electron chi connectivity index (χ3n) is 3.58. The van der Waals surface area contributed by atoms with Gasteiger partial charge in [0.05, 0.1) is 18.4 Å². The van der Waals surface area contributed by atoms with Crippen molar-refractivity contribution in [3.05, 3.63) is 33.4 Å². The van der Waals surface area contributed by atoms with Crippen molar-refractivity contribution in [2.45, 2.75) is 0 Å². The summed E-state index contributed by atoms with van der Waals surface area (Å²) in [5, 5.41) is 2.61. The van der Waals surface area contributed by atoms with Crippen molar-refractivity contribution in [3.63, 3.8) is 0 Å². The molecule has 2 amide bonds. The van der Waals surface area contributed by atoms with Crippen molar-refractivity contribution in [1.29, 1.82) is 0 Å². The Morgan fingerprint density at radius 3 is 2.35 bits per heavy atom. The summed E-state index contributed by atoms with van der Waals surface area (Å²) in [6.45, 7) is 1.15. The Balaban J connectivity index is 1.84. The lowest BCUT2D eigenvalue weighted by Crippen LogP contribution is -2.52. The summed E-state index contributed by atoms with van der Waals surface area (Å²) in [7, 11) is -3.22. The fraction of sp³-hybridized carbons (Fsp3) is 0.429. The highest BCUT2D eigenvalue weighted by Crippen LogP contribution is 2.11. The van der Waals surface area contributed by atoms with Crippen molar-refractivity contribution in [3.8, 4) is 0 Å². The monoisotopic (exact) mass is 451 g/mol. The van der Waals surface area contributed by atoms with E-state index in [0.717, 1.165) is 9.83 Å². The zero-order chi connectivity index (χ0) is 17.0. The number of benzene rings is 1. The number of halogens is 1. The lowest BCUT2D eigenvalue weighted by atomic mass is 10.2. The highest BCUT2D eigenvalue weighted by atomic mass is 127. The van der Waals surface area contributed by atoms with E-state index in [2.05, 4.69) is 27.9 Å². The van der Waals surface area contributed by atoms with Crippen LogP contribution in [0.5, 0.6) is 0 Å². The molecule has 126 valence electrons. The molecule has 1 saturated heterocycles. The van der Waals surface area contributed by atoms with Gasteiger partial charge in [0, 0.05) is 29.7 Å². The van der Waals surface area contributed by atoms with Crippen LogP contribution in [0.2, 0.25) is 0 Å². The summed E-state index contributed by atoms with van der Waals surface area (Å²) in [5.41, 5.74) is 0.530. The number of carbonyl (C=O) groups is 2. The minimum atomic E-state index is -3.22. The molecule has 0 bridgehead atoms. The number of rotatable bonds is 4. The Labute approximate surface area is 149 Å². The summed E-state index contributed by atoms with van der Waals surface area (Å²) >= 11 is 2.07. The average Bonchev–Trinajstić information content (AvgIpc) is 2.52. The average molecular weight is 451 g/mol. The Bertz CT molecular complexity index is 700. The van der Waals surface area contributed by atoms with Crippen LogP contribution in [0.4, 0.5) is 0 Å². The Kier molecular flexibility index (Phi) is 5.98. The summed E-state index contributed by atoms with van der Waals surface area (Å²) in [6.07, 6.45) is 1.16. The number of amides is 2. The lowest BCUT2D eigenvalue weighted by molar-refractivity contribution is -0.131. The van der Waals surface area contributed by atoms with Crippen LogP contribution < -0.4 is 5.32 Å². The number of hydrogen-bond acceptors (Lipinski definition) is 4. The van der Waals surface area contributed by atoms with Crippen molar-refractivity contribution >= 4 is 44.4 Å². The van der Waals surface area contributed by atoms with E-state index in [1.54, 1.807) is 17.0 Å². The van der Waals surface area contributed by atoms with Crippen LogP contribution in [0.25, 0.3) is 0 Å². The minimum absolute atomic E-state index is 0.0946. The van der Waals surface area contributed by atoms with Gasteiger partial charge in [-0.3, -0.25) is 9.59 Å². The highest BCUT2D eigenvalue weighted by Gasteiger charge is 2.26. The van der Waals surface area contributed by atoms with E-state index in [-0.39, 0.29) is 31.4 Å². The standard InChI is InChI=1S/C14H18IN3O4S/c1-23(21,22)18-8-6-17(7-9-18)13(19)10-16-14(20)11-4-2-3-5-12(11)15/h2-5H,6-10H2,1H3,(H,16,20). The minimum Gasteiger partial charge on any atom is -0.343 e. The molecule has 0 aromatic heterocycles. The first-order chi connectivity index (χ1) is 10.8. The van der Waals surface area contributed by atoms with Crippen LogP contribution >= 0.6 is 22.6 Å². The molecule has 0 atom stereocenters. The fourth-order valence-corrected chi connectivity index (χ4v) is 3.74. The molecule has 2 rings (SSSR count). The van der Waals surface area contributed by atoms with Crippen LogP contribution in [0.3, 0.4) is 0 Å². The van der Waals surface area contributed by atoms with Crippen molar-refractivity contribution in [2.75, 3.05) is 39.0 Å². The van der Waals surface area contributed by atoms with Crippen molar-refractivity contribution in [1.82, 2.24) is 14.5 Å². The number of carbonyl (C=O) groups excluding carboxylic acids is 2. The number of nitrogens with zero attached hydrogens (tertiary/aromatic N) is 2. The molecule has 1 heterocycles. The molecule has 0 saturated carbocycles. The number of piperazine rings is 1. The van der Waals surface area contributed by atoms with Gasteiger partial charge in [-0.1, -0.05) is 12.1 Å². The molecule has 0 spiro atoms. The second kappa shape index (κ2) is 7.58. The second-order valence-corrected chi connectivity index (χ2v) is 8.35. The van der Waals surface area contributed by atoms with E-state index < -0.39 is 10.0 Å². The third-order valence-corrected chi connectivity index (χ3v) is 5.82. The van der Waals surface area contributed by atoms with Gasteiger partial charge >= 0.3 is 0 Å². The van der Waals surface area contributed by atoms with E-state index in [4.69, 9.17) is 0 Å². The summed E-state index contributed by atoms with van der Waals surface area (Å²) in [6, 6.07) is 7.13. The highest BCUT2D eigenvalue weighted by molar-refractivity contribution is 14.1. The molecule has 0 unspecified atom stereocenters. The van der Waals surface area contributed by atoms with E-state index in [1.165, 1.54) is 4.31 Å². The normalized spacial score (nSPS) is 16.2. The maximum atomic E-state index is 12.1. The van der Waals surface area contributed by atoms with E-state index in [0.29, 0.717) is 18.7 Å². The summed E-state index contributed by atoms with van der Waals surface area (Å²) in [4.78, 5) is 25.7. The van der Waals surface area contributed by atoms with Gasteiger partial charge in [0.25, 0.3) is 5.91 Å². The predicted octanol–water partition coefficient (Wildman–Crippen LogP) is 0.125. The third kappa shape index (κ3) is 4.88. The molecule has 1 aromatic carbocycles. The summed E-state index contributed by atoms with van der Waals surface area (Å²) in [5.74, 6) is -0.504. The molecule has 0 radical (unpaired) electrons. The van der Waals surface area contributed by atoms with Gasteiger partial charge in [0.15, 0.2) is 0 Å². The van der Waals surface area contributed by atoms with Gasteiger partial charge in [-0.25, -0.2) is 8.42 Å². The van der Waals surface area contributed by atoms with Crippen LogP contribution in [0.1, 0.15) is 10.4 Å². The molecule has 7 nitrogen and oxygen atoms in total. The number of sulfonamides is 1. The molecule has 1 aliphatic rings. The molecule has 1 N–H and O–H groups in total. The van der Waals surface area contributed by atoms with Gasteiger partial charge in [-0.15, -0.1) is 0 Å². The SMILES string of the molecule is CS(=O)(=O)N1CCN(C(=O)CNC(=O)c2ccccc2I)CC1. The van der Waals surface area contributed by atoms with E-state index >= 15 is 0 Å². The number of hydrogen-bond donors (Lipinski definition) is 1. The van der Waals surface area contributed by atoms with Crippen LogP contribution in [0.15, 0.2) is 24.3 Å². The van der Waals surface area contributed by atoms with Crippen LogP contribution in [-0.2, 0) is 14.8 Å². The maximum absolute atomic E-state index is 12.1. The van der Waals surface area contributed by atoms with Gasteiger partial charge in [0.1, 0.15) is 0 Å². The molecule has 0 aliphatic carbocycles. The molecule has 23 heavy (non-hydrogen) atoms. The Hall–Kier alpha value is -1.20. The molecule has 1 fully saturated rings. The van der Waals surface area contributed by atoms with E-state index in [9.17, 15) is 18.0 Å². The molecule has 1 aliphatic heterocycles. The smallest absolute Gasteiger partial charge is 0.252 e. The topological polar surface area (TPSA) is 86.8 Å². The molecule has 1 aromatic rings. The summed E-state index contributed by atoms with van der Waals surface area (Å²) < 4.78 is 25.0. The van der Waals surface area contributed by atoms with Gasteiger partial charge < -0.3 is 10.2 Å². The lowest BCUT2D eigenvalue weighted by Gasteiger charge is -2.33. The first kappa shape index (κ1) is 18.1. The van der Waals surface area contributed by atoms with Crippen molar-refractivity contribution < 1.29 is 18.0 Å². The molecular formula is C14H18IN3O4S.